The number of benzene rings is 1. The van der Waals surface area contributed by atoms with Gasteiger partial charge in [0.15, 0.2) is 5.82 Å². The molecule has 1 atom stereocenters. The number of aromatic nitrogens is 3. The number of thiophene rings is 1. The molecule has 11 heteroatoms. The van der Waals surface area contributed by atoms with E-state index in [0.29, 0.717) is 10.8 Å². The minimum atomic E-state index is -0.884. The van der Waals surface area contributed by atoms with E-state index in [0.717, 1.165) is 33.2 Å². The zero-order chi connectivity index (χ0) is 23.7. The van der Waals surface area contributed by atoms with Crippen LogP contribution in [-0.4, -0.2) is 45.6 Å². The number of primary amides is 1. The van der Waals surface area contributed by atoms with Gasteiger partial charge >= 0.3 is 6.09 Å². The molecule has 0 fully saturated rings. The third-order valence-electron chi connectivity index (χ3n) is 5.40. The number of halogens is 1. The first kappa shape index (κ1) is 22.9. The largest absolute Gasteiger partial charge is 0.448 e. The molecular weight excluding hydrogens is 464 g/mol. The van der Waals surface area contributed by atoms with E-state index in [1.807, 2.05) is 35.8 Å². The van der Waals surface area contributed by atoms with Crippen LogP contribution in [0.4, 0.5) is 4.79 Å². The highest BCUT2D eigenvalue weighted by atomic mass is 35.5. The fraction of sp³-hybridized carbons (Fsp3) is 0.318. The number of ether oxygens (including phenoxy) is 1. The molecule has 0 unspecified atom stereocenters. The summed E-state index contributed by atoms with van der Waals surface area (Å²) in [6.45, 7) is 6.18. The van der Waals surface area contributed by atoms with Gasteiger partial charge in [0.1, 0.15) is 23.5 Å². The standard InChI is InChI=1S/C22H23ClN6O3S/c1-11-12(2)33-21-18(11)19(14-4-6-15(23)7-5-14)26-16(20-28-27-13(3)29(20)21)10-17(30)25-8-9-32-22(24)31/h4-7,16H,8-10H2,1-3H3,(H2,24,31)(H,25,30)/t16-/m0/s1. The van der Waals surface area contributed by atoms with Crippen LogP contribution < -0.4 is 11.1 Å². The number of nitrogens with two attached hydrogens (primary N) is 1. The Kier molecular flexibility index (Phi) is 6.48. The number of aryl methyl sites for hydroxylation is 2. The molecule has 0 saturated carbocycles. The van der Waals surface area contributed by atoms with E-state index >= 15 is 0 Å². The van der Waals surface area contributed by atoms with Crippen LogP contribution in [0.2, 0.25) is 5.02 Å². The van der Waals surface area contributed by atoms with Crippen LogP contribution in [0.3, 0.4) is 0 Å². The molecule has 9 nitrogen and oxygen atoms in total. The number of hydrogen-bond acceptors (Lipinski definition) is 7. The Bertz CT molecular complexity index is 1250. The number of nitrogens with zero attached hydrogens (tertiary/aromatic N) is 4. The van der Waals surface area contributed by atoms with E-state index in [9.17, 15) is 9.59 Å². The van der Waals surface area contributed by atoms with Crippen LogP contribution in [0.1, 0.15) is 45.7 Å². The summed E-state index contributed by atoms with van der Waals surface area (Å²) in [4.78, 5) is 29.6. The summed E-state index contributed by atoms with van der Waals surface area (Å²) in [5.74, 6) is 1.07. The minimum Gasteiger partial charge on any atom is -0.448 e. The van der Waals surface area contributed by atoms with Gasteiger partial charge in [-0.05, 0) is 38.5 Å². The van der Waals surface area contributed by atoms with Gasteiger partial charge in [-0.1, -0.05) is 23.7 Å². The molecule has 172 valence electrons. The highest BCUT2D eigenvalue weighted by molar-refractivity contribution is 7.15. The lowest BCUT2D eigenvalue weighted by molar-refractivity contribution is -0.121. The van der Waals surface area contributed by atoms with Crippen molar-refractivity contribution >= 4 is 40.6 Å². The van der Waals surface area contributed by atoms with Crippen LogP contribution in [-0.2, 0) is 9.53 Å². The zero-order valence-corrected chi connectivity index (χ0v) is 20.0. The van der Waals surface area contributed by atoms with Crippen molar-refractivity contribution in [3.8, 4) is 5.00 Å². The molecule has 4 rings (SSSR count). The Morgan fingerprint density at radius 3 is 2.64 bits per heavy atom. The maximum atomic E-state index is 12.7. The first-order chi connectivity index (χ1) is 15.8. The number of aliphatic imine (C=N–C) groups is 1. The van der Waals surface area contributed by atoms with E-state index in [4.69, 9.17) is 22.3 Å². The van der Waals surface area contributed by atoms with Crippen LogP contribution >= 0.6 is 22.9 Å². The fourth-order valence-electron chi connectivity index (χ4n) is 3.72. The van der Waals surface area contributed by atoms with Crippen molar-refractivity contribution in [3.05, 3.63) is 62.5 Å². The smallest absolute Gasteiger partial charge is 0.404 e. The van der Waals surface area contributed by atoms with Crippen molar-refractivity contribution in [1.82, 2.24) is 20.1 Å². The summed E-state index contributed by atoms with van der Waals surface area (Å²) < 4.78 is 6.65. The van der Waals surface area contributed by atoms with Crippen LogP contribution in [0.15, 0.2) is 29.3 Å². The van der Waals surface area contributed by atoms with Crippen LogP contribution in [0.5, 0.6) is 0 Å². The summed E-state index contributed by atoms with van der Waals surface area (Å²) >= 11 is 7.77. The van der Waals surface area contributed by atoms with E-state index in [-0.39, 0.29) is 25.5 Å². The summed E-state index contributed by atoms with van der Waals surface area (Å²) in [6, 6.07) is 6.94. The molecule has 3 aromatic rings. The van der Waals surface area contributed by atoms with Gasteiger partial charge in [-0.2, -0.15) is 0 Å². The van der Waals surface area contributed by atoms with E-state index in [2.05, 4.69) is 34.1 Å². The van der Waals surface area contributed by atoms with Crippen molar-refractivity contribution in [3.63, 3.8) is 0 Å². The highest BCUT2D eigenvalue weighted by Crippen LogP contribution is 2.39. The predicted molar refractivity (Wildman–Crippen MR) is 126 cm³/mol. The van der Waals surface area contributed by atoms with E-state index < -0.39 is 12.1 Å². The molecule has 1 aliphatic rings. The lowest BCUT2D eigenvalue weighted by Crippen LogP contribution is -2.30. The number of amides is 2. The quantitative estimate of drug-likeness (QED) is 0.516. The number of fused-ring (bicyclic) bond motifs is 3. The first-order valence-corrected chi connectivity index (χ1v) is 11.5. The molecule has 0 spiro atoms. The summed E-state index contributed by atoms with van der Waals surface area (Å²) in [5.41, 5.74) is 8.75. The molecule has 0 bridgehead atoms. The second-order valence-electron chi connectivity index (χ2n) is 7.63. The normalized spacial score (nSPS) is 14.7. The Hall–Kier alpha value is -3.24. The van der Waals surface area contributed by atoms with E-state index in [1.165, 1.54) is 4.88 Å². The summed E-state index contributed by atoms with van der Waals surface area (Å²) in [5, 5.41) is 13.0. The van der Waals surface area contributed by atoms with E-state index in [1.54, 1.807) is 11.3 Å². The summed E-state index contributed by atoms with van der Waals surface area (Å²) in [7, 11) is 0. The Morgan fingerprint density at radius 1 is 1.21 bits per heavy atom. The van der Waals surface area contributed by atoms with Gasteiger partial charge in [-0.25, -0.2) is 4.79 Å². The molecule has 2 aromatic heterocycles. The van der Waals surface area contributed by atoms with Crippen molar-refractivity contribution in [1.29, 1.82) is 0 Å². The van der Waals surface area contributed by atoms with Crippen LogP contribution in [0.25, 0.3) is 5.00 Å². The number of rotatable bonds is 6. The van der Waals surface area contributed by atoms with Gasteiger partial charge in [0, 0.05) is 21.0 Å². The van der Waals surface area contributed by atoms with Gasteiger partial charge < -0.3 is 15.8 Å². The topological polar surface area (TPSA) is 124 Å². The molecule has 0 aliphatic carbocycles. The zero-order valence-electron chi connectivity index (χ0n) is 18.4. The second kappa shape index (κ2) is 9.32. The molecule has 0 radical (unpaired) electrons. The van der Waals surface area contributed by atoms with Gasteiger partial charge in [0.2, 0.25) is 5.91 Å². The Morgan fingerprint density at radius 2 is 1.94 bits per heavy atom. The average Bonchev–Trinajstić information content (AvgIpc) is 3.24. The molecule has 1 aromatic carbocycles. The Labute approximate surface area is 199 Å². The maximum absolute atomic E-state index is 12.7. The first-order valence-electron chi connectivity index (χ1n) is 10.3. The highest BCUT2D eigenvalue weighted by Gasteiger charge is 2.32. The van der Waals surface area contributed by atoms with Gasteiger partial charge in [-0.3, -0.25) is 14.4 Å². The SMILES string of the molecule is Cc1sc2c(c1C)C(c1ccc(Cl)cc1)=N[C@@H](CC(=O)NCCOC(N)=O)c1nnc(C)n1-2. The molecule has 2 amide bonds. The monoisotopic (exact) mass is 486 g/mol. The Balaban J connectivity index is 1.75. The molecule has 0 saturated heterocycles. The third-order valence-corrected chi connectivity index (χ3v) is 6.85. The maximum Gasteiger partial charge on any atom is 0.404 e. The van der Waals surface area contributed by atoms with Crippen LogP contribution in [0, 0.1) is 20.8 Å². The van der Waals surface area contributed by atoms with Gasteiger partial charge in [0.05, 0.1) is 18.7 Å². The fourth-order valence-corrected chi connectivity index (χ4v) is 5.06. The van der Waals surface area contributed by atoms with Gasteiger partial charge in [0.25, 0.3) is 0 Å². The second-order valence-corrected chi connectivity index (χ2v) is 9.27. The number of nitrogens with one attached hydrogen (secondary N) is 1. The minimum absolute atomic E-state index is 0.00389. The third kappa shape index (κ3) is 4.62. The summed E-state index contributed by atoms with van der Waals surface area (Å²) in [6.07, 6.45) is -0.829. The predicted octanol–water partition coefficient (Wildman–Crippen LogP) is 3.40. The lowest BCUT2D eigenvalue weighted by atomic mass is 9.99. The van der Waals surface area contributed by atoms with Crippen molar-refractivity contribution in [2.24, 2.45) is 10.7 Å². The van der Waals surface area contributed by atoms with Gasteiger partial charge in [-0.15, -0.1) is 21.5 Å². The molecular formula is C22H23ClN6O3S. The molecule has 3 heterocycles. The van der Waals surface area contributed by atoms with Crippen molar-refractivity contribution in [2.45, 2.75) is 33.2 Å². The average molecular weight is 487 g/mol. The van der Waals surface area contributed by atoms with Crippen molar-refractivity contribution in [2.75, 3.05) is 13.2 Å². The molecule has 1 aliphatic heterocycles. The number of hydrogen-bond donors (Lipinski definition) is 2. The molecule has 33 heavy (non-hydrogen) atoms. The number of carbonyl (C=O) groups is 2. The lowest BCUT2D eigenvalue weighted by Gasteiger charge is -2.13. The number of carbonyl (C=O) groups excluding carboxylic acids is 2. The molecule has 3 N–H and O–H groups in total. The van der Waals surface area contributed by atoms with Crippen molar-refractivity contribution < 1.29 is 14.3 Å².